The zero-order chi connectivity index (χ0) is 13.2. The number of benzene rings is 1. The molecule has 0 spiro atoms. The van der Waals surface area contributed by atoms with Crippen molar-refractivity contribution in [3.63, 3.8) is 0 Å². The van der Waals surface area contributed by atoms with Crippen molar-refractivity contribution >= 4 is 15.9 Å². The number of hydrogen-bond donors (Lipinski definition) is 1. The summed E-state index contributed by atoms with van der Waals surface area (Å²) in [6.45, 7) is 5.62. The van der Waals surface area contributed by atoms with Crippen LogP contribution >= 0.6 is 15.9 Å². The molecular formula is C14H22BrNO2. The van der Waals surface area contributed by atoms with Crippen LogP contribution in [0.25, 0.3) is 0 Å². The van der Waals surface area contributed by atoms with Gasteiger partial charge < -0.3 is 14.8 Å². The SMILES string of the molecule is COCCCNCCCOc1ccc(Br)cc1C. The molecule has 0 saturated heterocycles. The molecule has 0 aliphatic rings. The molecule has 0 atom stereocenters. The fourth-order valence-electron chi connectivity index (χ4n) is 1.62. The predicted molar refractivity (Wildman–Crippen MR) is 78.4 cm³/mol. The highest BCUT2D eigenvalue weighted by Gasteiger charge is 1.99. The molecule has 0 aliphatic carbocycles. The van der Waals surface area contributed by atoms with E-state index in [1.807, 2.05) is 12.1 Å². The van der Waals surface area contributed by atoms with E-state index in [0.29, 0.717) is 0 Å². The molecule has 1 aromatic rings. The Morgan fingerprint density at radius 2 is 1.89 bits per heavy atom. The molecule has 4 heteroatoms. The lowest BCUT2D eigenvalue weighted by Gasteiger charge is -2.09. The average molecular weight is 316 g/mol. The monoisotopic (exact) mass is 315 g/mol. The van der Waals surface area contributed by atoms with E-state index in [9.17, 15) is 0 Å². The molecular weight excluding hydrogens is 294 g/mol. The van der Waals surface area contributed by atoms with Gasteiger partial charge >= 0.3 is 0 Å². The van der Waals surface area contributed by atoms with Crippen LogP contribution in [0, 0.1) is 6.92 Å². The van der Waals surface area contributed by atoms with E-state index in [1.54, 1.807) is 7.11 Å². The number of ether oxygens (including phenoxy) is 2. The Morgan fingerprint density at radius 3 is 2.56 bits per heavy atom. The van der Waals surface area contributed by atoms with Crippen molar-refractivity contribution in [3.05, 3.63) is 28.2 Å². The molecule has 102 valence electrons. The summed E-state index contributed by atoms with van der Waals surface area (Å²) in [5.74, 6) is 0.970. The van der Waals surface area contributed by atoms with Gasteiger partial charge in [-0.25, -0.2) is 0 Å². The molecule has 1 N–H and O–H groups in total. The quantitative estimate of drug-likeness (QED) is 0.710. The molecule has 1 aromatic carbocycles. The first-order chi connectivity index (χ1) is 8.74. The van der Waals surface area contributed by atoms with Gasteiger partial charge in [0.15, 0.2) is 0 Å². The second-order valence-electron chi connectivity index (χ2n) is 4.21. The lowest BCUT2D eigenvalue weighted by molar-refractivity contribution is 0.194. The third-order valence-corrected chi connectivity index (χ3v) is 3.09. The number of nitrogens with one attached hydrogen (secondary N) is 1. The van der Waals surface area contributed by atoms with Crippen molar-refractivity contribution in [3.8, 4) is 5.75 Å². The molecule has 0 saturated carbocycles. The van der Waals surface area contributed by atoms with Gasteiger partial charge in [0.2, 0.25) is 0 Å². The second kappa shape index (κ2) is 9.36. The number of rotatable bonds is 9. The van der Waals surface area contributed by atoms with Crippen molar-refractivity contribution in [1.82, 2.24) is 5.32 Å². The summed E-state index contributed by atoms with van der Waals surface area (Å²) in [6, 6.07) is 6.08. The molecule has 0 bridgehead atoms. The Bertz CT molecular complexity index is 345. The van der Waals surface area contributed by atoms with Gasteiger partial charge in [0, 0.05) is 18.2 Å². The number of aryl methyl sites for hydroxylation is 1. The lowest BCUT2D eigenvalue weighted by Crippen LogP contribution is -2.19. The van der Waals surface area contributed by atoms with Crippen LogP contribution in [0.1, 0.15) is 18.4 Å². The van der Waals surface area contributed by atoms with E-state index in [4.69, 9.17) is 9.47 Å². The summed E-state index contributed by atoms with van der Waals surface area (Å²) >= 11 is 3.44. The van der Waals surface area contributed by atoms with Gasteiger partial charge in [-0.1, -0.05) is 15.9 Å². The van der Waals surface area contributed by atoms with Crippen LogP contribution in [0.3, 0.4) is 0 Å². The minimum absolute atomic E-state index is 0.750. The highest BCUT2D eigenvalue weighted by Crippen LogP contribution is 2.22. The van der Waals surface area contributed by atoms with Crippen molar-refractivity contribution in [2.45, 2.75) is 19.8 Å². The van der Waals surface area contributed by atoms with Crippen LogP contribution in [0.4, 0.5) is 0 Å². The molecule has 0 radical (unpaired) electrons. The topological polar surface area (TPSA) is 30.5 Å². The van der Waals surface area contributed by atoms with Gasteiger partial charge in [0.25, 0.3) is 0 Å². The standard InChI is InChI=1S/C14H22BrNO2/c1-12-11-13(15)5-6-14(12)18-10-4-8-16-7-3-9-17-2/h5-6,11,16H,3-4,7-10H2,1-2H3. The first-order valence-electron chi connectivity index (χ1n) is 6.32. The van der Waals surface area contributed by atoms with Crippen molar-refractivity contribution in [2.75, 3.05) is 33.4 Å². The minimum Gasteiger partial charge on any atom is -0.493 e. The summed E-state index contributed by atoms with van der Waals surface area (Å²) in [4.78, 5) is 0. The summed E-state index contributed by atoms with van der Waals surface area (Å²) in [7, 11) is 1.73. The van der Waals surface area contributed by atoms with E-state index in [2.05, 4.69) is 34.2 Å². The van der Waals surface area contributed by atoms with Gasteiger partial charge in [-0.15, -0.1) is 0 Å². The van der Waals surface area contributed by atoms with Crippen LogP contribution in [0.5, 0.6) is 5.75 Å². The normalized spacial score (nSPS) is 10.6. The molecule has 0 unspecified atom stereocenters. The zero-order valence-corrected chi connectivity index (χ0v) is 12.8. The third-order valence-electron chi connectivity index (χ3n) is 2.59. The van der Waals surface area contributed by atoms with E-state index >= 15 is 0 Å². The third kappa shape index (κ3) is 6.38. The molecule has 0 aliphatic heterocycles. The summed E-state index contributed by atoms with van der Waals surface area (Å²) in [6.07, 6.45) is 2.08. The fourth-order valence-corrected chi connectivity index (χ4v) is 2.10. The van der Waals surface area contributed by atoms with Crippen LogP contribution in [0.15, 0.2) is 22.7 Å². The van der Waals surface area contributed by atoms with Crippen molar-refractivity contribution in [2.24, 2.45) is 0 Å². The first-order valence-corrected chi connectivity index (χ1v) is 7.12. The van der Waals surface area contributed by atoms with Gasteiger partial charge in [-0.05, 0) is 56.6 Å². The van der Waals surface area contributed by atoms with E-state index in [1.165, 1.54) is 0 Å². The summed E-state index contributed by atoms with van der Waals surface area (Å²) in [5, 5.41) is 3.36. The van der Waals surface area contributed by atoms with Gasteiger partial charge in [0.05, 0.1) is 6.61 Å². The molecule has 18 heavy (non-hydrogen) atoms. The van der Waals surface area contributed by atoms with Gasteiger partial charge in [0.1, 0.15) is 5.75 Å². The molecule has 0 fully saturated rings. The molecule has 1 rings (SSSR count). The van der Waals surface area contributed by atoms with Crippen LogP contribution in [0.2, 0.25) is 0 Å². The van der Waals surface area contributed by atoms with Crippen molar-refractivity contribution in [1.29, 1.82) is 0 Å². The predicted octanol–water partition coefficient (Wildman–Crippen LogP) is 3.15. The second-order valence-corrected chi connectivity index (χ2v) is 5.12. The van der Waals surface area contributed by atoms with E-state index in [0.717, 1.165) is 54.9 Å². The first kappa shape index (κ1) is 15.5. The lowest BCUT2D eigenvalue weighted by atomic mass is 10.2. The highest BCUT2D eigenvalue weighted by atomic mass is 79.9. The fraction of sp³-hybridized carbons (Fsp3) is 0.571. The van der Waals surface area contributed by atoms with Crippen LogP contribution in [-0.2, 0) is 4.74 Å². The van der Waals surface area contributed by atoms with Crippen LogP contribution < -0.4 is 10.1 Å². The number of hydrogen-bond acceptors (Lipinski definition) is 3. The zero-order valence-electron chi connectivity index (χ0n) is 11.2. The number of halogens is 1. The Kier molecular flexibility index (Phi) is 8.05. The van der Waals surface area contributed by atoms with E-state index < -0.39 is 0 Å². The highest BCUT2D eigenvalue weighted by molar-refractivity contribution is 9.10. The van der Waals surface area contributed by atoms with Gasteiger partial charge in [-0.3, -0.25) is 0 Å². The summed E-state index contributed by atoms with van der Waals surface area (Å²) in [5.41, 5.74) is 1.16. The Labute approximate surface area is 118 Å². The molecule has 0 heterocycles. The number of methoxy groups -OCH3 is 1. The maximum absolute atomic E-state index is 5.73. The molecule has 0 amide bonds. The Morgan fingerprint density at radius 1 is 1.17 bits per heavy atom. The maximum Gasteiger partial charge on any atom is 0.122 e. The molecule has 3 nitrogen and oxygen atoms in total. The summed E-state index contributed by atoms with van der Waals surface area (Å²) < 4.78 is 11.8. The van der Waals surface area contributed by atoms with Crippen LogP contribution in [-0.4, -0.2) is 33.4 Å². The average Bonchev–Trinajstić information content (AvgIpc) is 2.35. The Balaban J connectivity index is 2.07. The molecule has 0 aromatic heterocycles. The maximum atomic E-state index is 5.73. The van der Waals surface area contributed by atoms with Gasteiger partial charge in [-0.2, -0.15) is 0 Å². The Hall–Kier alpha value is -0.580. The minimum atomic E-state index is 0.750. The largest absolute Gasteiger partial charge is 0.493 e. The smallest absolute Gasteiger partial charge is 0.122 e. The van der Waals surface area contributed by atoms with E-state index in [-0.39, 0.29) is 0 Å². The van der Waals surface area contributed by atoms with Crippen molar-refractivity contribution < 1.29 is 9.47 Å².